The first-order valence-electron chi connectivity index (χ1n) is 14.2. The predicted molar refractivity (Wildman–Crippen MR) is 165 cm³/mol. The zero-order valence-corrected chi connectivity index (χ0v) is 24.5. The summed E-state index contributed by atoms with van der Waals surface area (Å²) < 4.78 is 33.5. The maximum absolute atomic E-state index is 13.1. The van der Waals surface area contributed by atoms with Crippen LogP contribution in [0.2, 0.25) is 0 Å². The molecule has 0 unspecified atom stereocenters. The number of piperidine rings is 1. The molecule has 2 amide bonds. The number of primary amides is 1. The lowest BCUT2D eigenvalue weighted by Gasteiger charge is -2.31. The Labute approximate surface area is 246 Å². The predicted octanol–water partition coefficient (Wildman–Crippen LogP) is 4.80. The van der Waals surface area contributed by atoms with Crippen molar-refractivity contribution in [2.45, 2.75) is 38.5 Å². The number of ether oxygens (including phenoxy) is 1. The number of H-pyrrole nitrogens is 1. The molecule has 42 heavy (non-hydrogen) atoms. The van der Waals surface area contributed by atoms with Crippen LogP contribution >= 0.6 is 0 Å². The number of nitrogens with zero attached hydrogens (tertiary/aromatic N) is 1. The average Bonchev–Trinajstić information content (AvgIpc) is 3.41. The SMILES string of the molecule is CC(=O)Nc1ccc(OCCCS(=O)(=O)N2CCC(c3c[nH]c4c(CC(N)=O)cc(-c5ccccc5)cc34)CC2)cc1. The molecular formula is C32H36N4O5S. The zero-order chi connectivity index (χ0) is 29.7. The molecule has 220 valence electrons. The van der Waals surface area contributed by atoms with Crippen molar-refractivity contribution in [2.75, 3.05) is 30.8 Å². The van der Waals surface area contributed by atoms with Crippen LogP contribution in [0.1, 0.15) is 43.2 Å². The number of carbonyl (C=O) groups excluding carboxylic acids is 2. The van der Waals surface area contributed by atoms with E-state index in [1.165, 1.54) is 6.92 Å². The van der Waals surface area contributed by atoms with Gasteiger partial charge in [-0.15, -0.1) is 0 Å². The molecule has 4 N–H and O–H groups in total. The van der Waals surface area contributed by atoms with Crippen molar-refractivity contribution in [1.29, 1.82) is 0 Å². The number of carbonyl (C=O) groups is 2. The van der Waals surface area contributed by atoms with E-state index in [9.17, 15) is 18.0 Å². The highest BCUT2D eigenvalue weighted by Crippen LogP contribution is 2.37. The Balaban J connectivity index is 1.21. The third kappa shape index (κ3) is 7.00. The van der Waals surface area contributed by atoms with Crippen LogP contribution in [-0.2, 0) is 26.0 Å². The number of hydrogen-bond acceptors (Lipinski definition) is 5. The summed E-state index contributed by atoms with van der Waals surface area (Å²) in [5.41, 5.74) is 11.2. The van der Waals surface area contributed by atoms with E-state index in [-0.39, 0.29) is 36.5 Å². The highest BCUT2D eigenvalue weighted by molar-refractivity contribution is 7.89. The van der Waals surface area contributed by atoms with Crippen LogP contribution in [0.15, 0.2) is 72.9 Å². The number of sulfonamides is 1. The standard InChI is InChI=1S/C32H36N4O5S/c1-22(37)35-27-8-10-28(11-9-27)41-16-5-17-42(39,40)36-14-12-24(13-15-36)30-21-34-32-26(20-31(33)38)18-25(19-29(30)32)23-6-3-2-4-7-23/h2-4,6-11,18-19,21,24,34H,5,12-17,20H2,1H3,(H2,33,38)(H,35,37). The molecule has 4 aromatic rings. The second kappa shape index (κ2) is 12.8. The minimum Gasteiger partial charge on any atom is -0.494 e. The van der Waals surface area contributed by atoms with Crippen LogP contribution in [-0.4, -0.2) is 55.0 Å². The Morgan fingerprint density at radius 1 is 1.02 bits per heavy atom. The number of rotatable bonds is 11. The number of nitrogens with one attached hydrogen (secondary N) is 2. The highest BCUT2D eigenvalue weighted by atomic mass is 32.2. The summed E-state index contributed by atoms with van der Waals surface area (Å²) in [5, 5.41) is 3.75. The van der Waals surface area contributed by atoms with Crippen LogP contribution in [0, 0.1) is 0 Å². The van der Waals surface area contributed by atoms with E-state index in [4.69, 9.17) is 10.5 Å². The molecule has 5 rings (SSSR count). The lowest BCUT2D eigenvalue weighted by Crippen LogP contribution is -2.39. The first-order chi connectivity index (χ1) is 20.2. The van der Waals surface area contributed by atoms with Crippen LogP contribution < -0.4 is 15.8 Å². The summed E-state index contributed by atoms with van der Waals surface area (Å²) in [6, 6.07) is 21.2. The Kier molecular flexibility index (Phi) is 8.94. The van der Waals surface area contributed by atoms with Gasteiger partial charge in [-0.25, -0.2) is 12.7 Å². The molecule has 0 aliphatic carbocycles. The second-order valence-electron chi connectivity index (χ2n) is 10.7. The number of fused-ring (bicyclic) bond motifs is 1. The molecule has 0 bridgehead atoms. The van der Waals surface area contributed by atoms with E-state index in [1.54, 1.807) is 28.6 Å². The summed E-state index contributed by atoms with van der Waals surface area (Å²) in [7, 11) is -3.41. The molecule has 1 fully saturated rings. The normalized spacial score (nSPS) is 14.6. The Morgan fingerprint density at radius 2 is 1.74 bits per heavy atom. The molecule has 0 saturated carbocycles. The largest absolute Gasteiger partial charge is 0.494 e. The summed E-state index contributed by atoms with van der Waals surface area (Å²) in [6.45, 7) is 2.64. The number of aromatic amines is 1. The molecule has 3 aromatic carbocycles. The third-order valence-electron chi connectivity index (χ3n) is 7.65. The number of aromatic nitrogens is 1. The van der Waals surface area contributed by atoms with E-state index in [1.807, 2.05) is 42.6 Å². The van der Waals surface area contributed by atoms with E-state index >= 15 is 0 Å². The van der Waals surface area contributed by atoms with Gasteiger partial charge in [0.2, 0.25) is 21.8 Å². The smallest absolute Gasteiger partial charge is 0.221 e. The highest BCUT2D eigenvalue weighted by Gasteiger charge is 2.30. The van der Waals surface area contributed by atoms with Gasteiger partial charge in [0.1, 0.15) is 5.75 Å². The average molecular weight is 589 g/mol. The van der Waals surface area contributed by atoms with Gasteiger partial charge in [-0.05, 0) is 83.8 Å². The number of benzene rings is 3. The lowest BCUT2D eigenvalue weighted by atomic mass is 9.88. The van der Waals surface area contributed by atoms with Gasteiger partial charge in [0.05, 0.1) is 18.8 Å². The first-order valence-corrected chi connectivity index (χ1v) is 15.8. The van der Waals surface area contributed by atoms with Gasteiger partial charge in [-0.2, -0.15) is 0 Å². The molecule has 1 aliphatic heterocycles. The maximum atomic E-state index is 13.1. The van der Waals surface area contributed by atoms with Crippen molar-refractivity contribution in [3.8, 4) is 16.9 Å². The van der Waals surface area contributed by atoms with Crippen molar-refractivity contribution in [3.63, 3.8) is 0 Å². The Hall–Kier alpha value is -4.15. The second-order valence-corrected chi connectivity index (χ2v) is 12.8. The van der Waals surface area contributed by atoms with Crippen molar-refractivity contribution in [1.82, 2.24) is 9.29 Å². The first kappa shape index (κ1) is 29.3. The van der Waals surface area contributed by atoms with Crippen LogP contribution in [0.4, 0.5) is 5.69 Å². The van der Waals surface area contributed by atoms with Gasteiger partial charge >= 0.3 is 0 Å². The molecule has 10 heteroatoms. The summed E-state index contributed by atoms with van der Waals surface area (Å²) >= 11 is 0. The summed E-state index contributed by atoms with van der Waals surface area (Å²) in [4.78, 5) is 26.4. The fraction of sp³-hybridized carbons (Fsp3) is 0.312. The van der Waals surface area contributed by atoms with Gasteiger partial charge in [0, 0.05) is 42.8 Å². The van der Waals surface area contributed by atoms with Crippen molar-refractivity contribution in [2.24, 2.45) is 5.73 Å². The van der Waals surface area contributed by atoms with E-state index in [2.05, 4.69) is 16.4 Å². The molecule has 1 aliphatic rings. The zero-order valence-electron chi connectivity index (χ0n) is 23.6. The molecule has 9 nitrogen and oxygen atoms in total. The Morgan fingerprint density at radius 3 is 2.40 bits per heavy atom. The van der Waals surface area contributed by atoms with Gasteiger partial charge in [0.25, 0.3) is 0 Å². The van der Waals surface area contributed by atoms with Crippen molar-refractivity contribution < 1.29 is 22.7 Å². The number of anilines is 1. The molecule has 0 spiro atoms. The van der Waals surface area contributed by atoms with Crippen LogP contribution in [0.5, 0.6) is 5.75 Å². The maximum Gasteiger partial charge on any atom is 0.221 e. The molecule has 1 aromatic heterocycles. The number of nitrogens with two attached hydrogens (primary N) is 1. The minimum absolute atomic E-state index is 0.0195. The minimum atomic E-state index is -3.41. The summed E-state index contributed by atoms with van der Waals surface area (Å²) in [5.74, 6) is 0.301. The van der Waals surface area contributed by atoms with E-state index < -0.39 is 10.0 Å². The van der Waals surface area contributed by atoms with Gasteiger partial charge in [-0.1, -0.05) is 30.3 Å². The lowest BCUT2D eigenvalue weighted by molar-refractivity contribution is -0.117. The molecule has 0 radical (unpaired) electrons. The topological polar surface area (TPSA) is 135 Å². The molecule has 0 atom stereocenters. The van der Waals surface area contributed by atoms with E-state index in [0.717, 1.165) is 33.2 Å². The molecule has 1 saturated heterocycles. The monoisotopic (exact) mass is 588 g/mol. The number of amides is 2. The molecular weight excluding hydrogens is 552 g/mol. The van der Waals surface area contributed by atoms with Gasteiger partial charge < -0.3 is 20.8 Å². The fourth-order valence-electron chi connectivity index (χ4n) is 5.63. The van der Waals surface area contributed by atoms with Crippen LogP contribution in [0.25, 0.3) is 22.0 Å². The van der Waals surface area contributed by atoms with Gasteiger partial charge in [-0.3, -0.25) is 9.59 Å². The molecule has 2 heterocycles. The summed E-state index contributed by atoms with van der Waals surface area (Å²) in [6.07, 6.45) is 3.94. The van der Waals surface area contributed by atoms with Gasteiger partial charge in [0.15, 0.2) is 0 Å². The third-order valence-corrected chi connectivity index (χ3v) is 9.61. The van der Waals surface area contributed by atoms with Crippen molar-refractivity contribution in [3.05, 3.63) is 84.1 Å². The Bertz CT molecular complexity index is 1660. The van der Waals surface area contributed by atoms with Crippen LogP contribution in [0.3, 0.4) is 0 Å². The fourth-order valence-corrected chi connectivity index (χ4v) is 7.14. The van der Waals surface area contributed by atoms with Crippen molar-refractivity contribution >= 4 is 38.4 Å². The quantitative estimate of drug-likeness (QED) is 0.216. The number of hydrogen-bond donors (Lipinski definition) is 3. The van der Waals surface area contributed by atoms with E-state index in [0.29, 0.717) is 43.8 Å².